The van der Waals surface area contributed by atoms with Gasteiger partial charge in [-0.05, 0) is 43.7 Å². The summed E-state index contributed by atoms with van der Waals surface area (Å²) in [7, 11) is 0. The van der Waals surface area contributed by atoms with Crippen LogP contribution in [0.1, 0.15) is 56.9 Å². The maximum atomic E-state index is 12.5. The molecule has 0 radical (unpaired) electrons. The van der Waals surface area contributed by atoms with Gasteiger partial charge in [-0.25, -0.2) is 4.98 Å². The number of likely N-dealkylation sites (tertiary alicyclic amines) is 1. The van der Waals surface area contributed by atoms with Gasteiger partial charge in [0.1, 0.15) is 5.69 Å². The van der Waals surface area contributed by atoms with Crippen molar-refractivity contribution in [3.05, 3.63) is 24.0 Å². The Balaban J connectivity index is 2.02. The maximum Gasteiger partial charge on any atom is 0.272 e. The van der Waals surface area contributed by atoms with E-state index in [1.807, 2.05) is 23.2 Å². The molecule has 1 amide bonds. The topological polar surface area (TPSA) is 36.4 Å². The number of pyridine rings is 1. The van der Waals surface area contributed by atoms with Crippen molar-refractivity contribution in [2.24, 2.45) is 5.92 Å². The fraction of sp³-hybridized carbons (Fsp3) is 0.667. The van der Waals surface area contributed by atoms with Crippen LogP contribution >= 0.6 is 0 Å². The van der Waals surface area contributed by atoms with Crippen LogP contribution in [-0.4, -0.2) is 42.0 Å². The lowest BCUT2D eigenvalue weighted by atomic mass is 9.99. The second kappa shape index (κ2) is 8.16. The number of amides is 1. The lowest BCUT2D eigenvalue weighted by Gasteiger charge is -2.30. The molecular formula is C18H29N3O. The van der Waals surface area contributed by atoms with Crippen LogP contribution in [0.5, 0.6) is 0 Å². The Hall–Kier alpha value is -1.58. The van der Waals surface area contributed by atoms with E-state index >= 15 is 0 Å². The lowest BCUT2D eigenvalue weighted by Crippen LogP contribution is -2.38. The summed E-state index contributed by atoms with van der Waals surface area (Å²) in [6.45, 7) is 10.4. The molecule has 2 rings (SSSR count). The minimum absolute atomic E-state index is 0.0796. The molecular weight excluding hydrogens is 274 g/mol. The Morgan fingerprint density at radius 2 is 1.86 bits per heavy atom. The summed E-state index contributed by atoms with van der Waals surface area (Å²) in [5.41, 5.74) is 1.69. The van der Waals surface area contributed by atoms with E-state index in [1.165, 1.54) is 0 Å². The number of nitrogens with zero attached hydrogens (tertiary/aromatic N) is 3. The molecule has 0 atom stereocenters. The van der Waals surface area contributed by atoms with E-state index in [0.717, 1.165) is 63.5 Å². The third-order valence-corrected chi connectivity index (χ3v) is 4.39. The van der Waals surface area contributed by atoms with Crippen LogP contribution in [-0.2, 0) is 0 Å². The van der Waals surface area contributed by atoms with Gasteiger partial charge in [0.25, 0.3) is 5.91 Å². The van der Waals surface area contributed by atoms with Crippen LogP contribution in [0.25, 0.3) is 0 Å². The highest BCUT2D eigenvalue weighted by molar-refractivity contribution is 5.92. The van der Waals surface area contributed by atoms with Crippen LogP contribution in [0, 0.1) is 5.92 Å². The van der Waals surface area contributed by atoms with Crippen molar-refractivity contribution in [2.45, 2.75) is 46.5 Å². The van der Waals surface area contributed by atoms with Crippen molar-refractivity contribution in [1.29, 1.82) is 0 Å². The van der Waals surface area contributed by atoms with Crippen molar-refractivity contribution in [3.8, 4) is 0 Å². The van der Waals surface area contributed by atoms with Crippen LogP contribution in [0.3, 0.4) is 0 Å². The molecule has 0 unspecified atom stereocenters. The van der Waals surface area contributed by atoms with E-state index in [2.05, 4.69) is 30.7 Å². The lowest BCUT2D eigenvalue weighted by molar-refractivity contribution is 0.0691. The van der Waals surface area contributed by atoms with Crippen LogP contribution in [0.4, 0.5) is 5.69 Å². The van der Waals surface area contributed by atoms with Crippen molar-refractivity contribution in [3.63, 3.8) is 0 Å². The summed E-state index contributed by atoms with van der Waals surface area (Å²) < 4.78 is 0. The molecule has 4 nitrogen and oxygen atoms in total. The Bertz CT molecular complexity index is 458. The molecule has 0 aliphatic carbocycles. The maximum absolute atomic E-state index is 12.5. The smallest absolute Gasteiger partial charge is 0.272 e. The Labute approximate surface area is 134 Å². The summed E-state index contributed by atoms with van der Waals surface area (Å²) in [5.74, 6) is 0.812. The molecule has 22 heavy (non-hydrogen) atoms. The summed E-state index contributed by atoms with van der Waals surface area (Å²) >= 11 is 0. The molecule has 1 aromatic heterocycles. The first-order chi connectivity index (χ1) is 10.7. The number of hydrogen-bond donors (Lipinski definition) is 0. The predicted molar refractivity (Wildman–Crippen MR) is 91.3 cm³/mol. The summed E-state index contributed by atoms with van der Waals surface area (Å²) in [6, 6.07) is 3.92. The van der Waals surface area contributed by atoms with Crippen molar-refractivity contribution >= 4 is 11.6 Å². The molecule has 0 saturated carbocycles. The zero-order valence-electron chi connectivity index (χ0n) is 14.2. The molecule has 122 valence electrons. The molecule has 1 aliphatic heterocycles. The van der Waals surface area contributed by atoms with Gasteiger partial charge >= 0.3 is 0 Å². The Morgan fingerprint density at radius 3 is 2.36 bits per heavy atom. The molecule has 1 aromatic rings. The third-order valence-electron chi connectivity index (χ3n) is 4.39. The number of piperidine rings is 1. The van der Waals surface area contributed by atoms with Crippen molar-refractivity contribution in [2.75, 3.05) is 31.1 Å². The van der Waals surface area contributed by atoms with Gasteiger partial charge < -0.3 is 9.80 Å². The van der Waals surface area contributed by atoms with E-state index < -0.39 is 0 Å². The van der Waals surface area contributed by atoms with Gasteiger partial charge in [0, 0.05) is 26.2 Å². The number of rotatable bonds is 6. The number of carbonyl (C=O) groups excluding carboxylic acids is 1. The second-order valence-corrected chi connectivity index (χ2v) is 6.36. The van der Waals surface area contributed by atoms with E-state index in [-0.39, 0.29) is 5.91 Å². The number of aromatic nitrogens is 1. The fourth-order valence-corrected chi connectivity index (χ4v) is 2.98. The van der Waals surface area contributed by atoms with Gasteiger partial charge in [0.05, 0.1) is 11.9 Å². The van der Waals surface area contributed by atoms with Crippen LogP contribution in [0.2, 0.25) is 0 Å². The quantitative estimate of drug-likeness (QED) is 0.806. The average molecular weight is 303 g/mol. The predicted octanol–water partition coefficient (Wildman–Crippen LogP) is 3.58. The average Bonchev–Trinajstić information content (AvgIpc) is 2.55. The molecule has 0 bridgehead atoms. The van der Waals surface area contributed by atoms with E-state index in [4.69, 9.17) is 0 Å². The van der Waals surface area contributed by atoms with E-state index in [9.17, 15) is 4.79 Å². The summed E-state index contributed by atoms with van der Waals surface area (Å²) in [5, 5.41) is 0. The first kappa shape index (κ1) is 16.8. The summed E-state index contributed by atoms with van der Waals surface area (Å²) in [4.78, 5) is 21.2. The third kappa shape index (κ3) is 4.21. The van der Waals surface area contributed by atoms with Gasteiger partial charge in [-0.15, -0.1) is 0 Å². The van der Waals surface area contributed by atoms with Crippen molar-refractivity contribution < 1.29 is 4.79 Å². The molecule has 4 heteroatoms. The van der Waals surface area contributed by atoms with Gasteiger partial charge in [0.2, 0.25) is 0 Å². The highest BCUT2D eigenvalue weighted by Gasteiger charge is 2.22. The van der Waals surface area contributed by atoms with Gasteiger partial charge in [0.15, 0.2) is 0 Å². The molecule has 0 spiro atoms. The molecule has 0 aromatic carbocycles. The van der Waals surface area contributed by atoms with Crippen molar-refractivity contribution in [1.82, 2.24) is 9.88 Å². The highest BCUT2D eigenvalue weighted by Crippen LogP contribution is 2.19. The highest BCUT2D eigenvalue weighted by atomic mass is 16.2. The minimum atomic E-state index is 0.0796. The van der Waals surface area contributed by atoms with Crippen LogP contribution in [0.15, 0.2) is 18.3 Å². The standard InChI is InChI=1S/C18H29N3O/c1-4-10-20(11-5-2)16-6-7-17(19-14-16)18(22)21-12-8-15(3)9-13-21/h6-7,14-15H,4-5,8-13H2,1-3H3. The first-order valence-corrected chi connectivity index (χ1v) is 8.66. The molecule has 1 aliphatic rings. The molecule has 1 fully saturated rings. The fourth-order valence-electron chi connectivity index (χ4n) is 2.98. The zero-order valence-corrected chi connectivity index (χ0v) is 14.2. The molecule has 1 saturated heterocycles. The van der Waals surface area contributed by atoms with E-state index in [1.54, 1.807) is 0 Å². The van der Waals surface area contributed by atoms with Crippen LogP contribution < -0.4 is 4.90 Å². The number of hydrogen-bond acceptors (Lipinski definition) is 3. The SMILES string of the molecule is CCCN(CCC)c1ccc(C(=O)N2CCC(C)CC2)nc1. The zero-order chi connectivity index (χ0) is 15.9. The molecule has 0 N–H and O–H groups in total. The minimum Gasteiger partial charge on any atom is -0.370 e. The number of carbonyl (C=O) groups is 1. The Morgan fingerprint density at radius 1 is 1.23 bits per heavy atom. The Kier molecular flexibility index (Phi) is 6.22. The van der Waals surface area contributed by atoms with Gasteiger partial charge in [-0.1, -0.05) is 20.8 Å². The monoisotopic (exact) mass is 303 g/mol. The normalized spacial score (nSPS) is 15.9. The van der Waals surface area contributed by atoms with Gasteiger partial charge in [-0.2, -0.15) is 0 Å². The van der Waals surface area contributed by atoms with Gasteiger partial charge in [-0.3, -0.25) is 4.79 Å². The van der Waals surface area contributed by atoms with E-state index in [0.29, 0.717) is 5.69 Å². The molecule has 2 heterocycles. The first-order valence-electron chi connectivity index (χ1n) is 8.66. The summed E-state index contributed by atoms with van der Waals surface area (Å²) in [6.07, 6.45) is 6.29. The largest absolute Gasteiger partial charge is 0.370 e. The number of anilines is 1. The second-order valence-electron chi connectivity index (χ2n) is 6.36.